The predicted molar refractivity (Wildman–Crippen MR) is 59.7 cm³/mol. The molecule has 86 valence electrons. The molecule has 0 aromatic carbocycles. The van der Waals surface area contributed by atoms with Crippen molar-refractivity contribution < 1.29 is 0 Å². The Morgan fingerprint density at radius 1 is 0.611 bits per heavy atom. The molecule has 0 aliphatic carbocycles. The first-order valence-corrected chi connectivity index (χ1v) is 5.03. The van der Waals surface area contributed by atoms with Crippen LogP contribution in [0.2, 0.25) is 0 Å². The lowest BCUT2D eigenvalue weighted by Crippen LogP contribution is -2.01. The summed E-state index contributed by atoms with van der Waals surface area (Å²) < 4.78 is 0. The van der Waals surface area contributed by atoms with Gasteiger partial charge in [0.2, 0.25) is 11.6 Å². The van der Waals surface area contributed by atoms with Crippen molar-refractivity contribution in [1.29, 1.82) is 0 Å². The fourth-order valence-electron chi connectivity index (χ4n) is 1.28. The third kappa shape index (κ3) is 1.98. The predicted octanol–water partition coefficient (Wildman–Crippen LogP) is 0.181. The van der Waals surface area contributed by atoms with Crippen molar-refractivity contribution in [3.63, 3.8) is 0 Å². The van der Waals surface area contributed by atoms with E-state index in [1.807, 2.05) is 0 Å². The fourth-order valence-corrected chi connectivity index (χ4v) is 1.28. The van der Waals surface area contributed by atoms with Crippen molar-refractivity contribution in [3.8, 4) is 23.0 Å². The second kappa shape index (κ2) is 4.53. The van der Waals surface area contributed by atoms with Gasteiger partial charge in [0.25, 0.3) is 0 Å². The van der Waals surface area contributed by atoms with Gasteiger partial charge in [-0.1, -0.05) is 0 Å². The lowest BCUT2D eigenvalue weighted by atomic mass is 10.4. The van der Waals surface area contributed by atoms with Gasteiger partial charge in [0.05, 0.1) is 0 Å². The van der Waals surface area contributed by atoms with Crippen molar-refractivity contribution in [1.82, 2.24) is 40.3 Å². The first kappa shape index (κ1) is 10.3. The van der Waals surface area contributed by atoms with E-state index in [0.717, 1.165) is 0 Å². The molecule has 8 nitrogen and oxygen atoms in total. The van der Waals surface area contributed by atoms with Crippen LogP contribution in [0, 0.1) is 0 Å². The van der Waals surface area contributed by atoms with Crippen molar-refractivity contribution in [2.24, 2.45) is 0 Å². The zero-order chi connectivity index (χ0) is 12.2. The average Bonchev–Trinajstić information content (AvgIpc) is 2.49. The van der Waals surface area contributed by atoms with Crippen molar-refractivity contribution in [3.05, 3.63) is 37.2 Å². The number of hydrogen-bond acceptors (Lipinski definition) is 8. The van der Waals surface area contributed by atoms with Crippen LogP contribution in [0.1, 0.15) is 0 Å². The van der Waals surface area contributed by atoms with Gasteiger partial charge in [-0.2, -0.15) is 0 Å². The molecule has 3 aromatic heterocycles. The first-order chi connectivity index (χ1) is 8.93. The number of rotatable bonds is 2. The van der Waals surface area contributed by atoms with Crippen LogP contribution >= 0.6 is 0 Å². The van der Waals surface area contributed by atoms with Crippen molar-refractivity contribution in [2.45, 2.75) is 0 Å². The second-order valence-electron chi connectivity index (χ2n) is 3.24. The lowest BCUT2D eigenvalue weighted by molar-refractivity contribution is 0.862. The Hall–Kier alpha value is -2.90. The first-order valence-electron chi connectivity index (χ1n) is 5.03. The second-order valence-corrected chi connectivity index (χ2v) is 3.24. The summed E-state index contributed by atoms with van der Waals surface area (Å²) in [5.41, 5.74) is 1.14. The average molecular weight is 238 g/mol. The van der Waals surface area contributed by atoms with E-state index < -0.39 is 0 Å². The van der Waals surface area contributed by atoms with Gasteiger partial charge in [0.1, 0.15) is 24.0 Å². The van der Waals surface area contributed by atoms with Crippen LogP contribution < -0.4 is 0 Å². The Morgan fingerprint density at radius 3 is 1.39 bits per heavy atom. The Balaban J connectivity index is 1.95. The Bertz CT molecular complexity index is 567. The highest BCUT2D eigenvalue weighted by molar-refractivity contribution is 5.49. The van der Waals surface area contributed by atoms with Crippen LogP contribution in [0.25, 0.3) is 23.0 Å². The number of nitrogens with zero attached hydrogens (tertiary/aromatic N) is 8. The van der Waals surface area contributed by atoms with Crippen LogP contribution in [0.5, 0.6) is 0 Å². The molecule has 8 heteroatoms. The summed E-state index contributed by atoms with van der Waals surface area (Å²) in [6, 6.07) is 3.37. The number of hydrogen-bond donors (Lipinski definition) is 0. The summed E-state index contributed by atoms with van der Waals surface area (Å²) in [6.07, 6.45) is 6.03. The Kier molecular flexibility index (Phi) is 2.59. The fraction of sp³-hybridized carbons (Fsp3) is 0. The molecule has 0 saturated carbocycles. The van der Waals surface area contributed by atoms with E-state index >= 15 is 0 Å². The maximum Gasteiger partial charge on any atom is 0.222 e. The van der Waals surface area contributed by atoms with Gasteiger partial charge in [0, 0.05) is 12.4 Å². The van der Waals surface area contributed by atoms with E-state index in [1.54, 1.807) is 24.5 Å². The standard InChI is InChI=1S/C10H6N8/c1-3-11-5-13-7(1)9-15-17-10(18-16-9)8-2-4-12-6-14-8/h1-6H. The smallest absolute Gasteiger partial charge is 0.222 e. The largest absolute Gasteiger partial charge is 0.245 e. The zero-order valence-electron chi connectivity index (χ0n) is 9.04. The maximum absolute atomic E-state index is 4.01. The molecule has 0 atom stereocenters. The summed E-state index contributed by atoms with van der Waals surface area (Å²) >= 11 is 0. The SMILES string of the molecule is c1cc(-c2nnc(-c3ccncn3)nn2)ncn1. The van der Waals surface area contributed by atoms with Gasteiger partial charge in [-0.25, -0.2) is 19.9 Å². The molecule has 3 aromatic rings. The highest BCUT2D eigenvalue weighted by Crippen LogP contribution is 2.10. The van der Waals surface area contributed by atoms with Gasteiger partial charge < -0.3 is 0 Å². The molecule has 0 aliphatic heterocycles. The monoisotopic (exact) mass is 238 g/mol. The topological polar surface area (TPSA) is 103 Å². The third-order valence-electron chi connectivity index (χ3n) is 2.10. The van der Waals surface area contributed by atoms with Crippen LogP contribution in [0.4, 0.5) is 0 Å². The minimum atomic E-state index is 0.343. The van der Waals surface area contributed by atoms with Crippen molar-refractivity contribution >= 4 is 0 Å². The Labute approximate surface area is 101 Å². The van der Waals surface area contributed by atoms with E-state index in [1.165, 1.54) is 12.7 Å². The van der Waals surface area contributed by atoms with Crippen LogP contribution in [0.3, 0.4) is 0 Å². The zero-order valence-corrected chi connectivity index (χ0v) is 9.04. The van der Waals surface area contributed by atoms with E-state index in [4.69, 9.17) is 0 Å². The molecule has 3 heterocycles. The molecule has 0 bridgehead atoms. The molecule has 0 aliphatic rings. The number of aromatic nitrogens is 8. The summed E-state index contributed by atoms with van der Waals surface area (Å²) in [5, 5.41) is 15.8. The van der Waals surface area contributed by atoms with Gasteiger partial charge >= 0.3 is 0 Å². The van der Waals surface area contributed by atoms with Crippen LogP contribution in [-0.4, -0.2) is 40.3 Å². The quantitative estimate of drug-likeness (QED) is 0.622. The highest BCUT2D eigenvalue weighted by Gasteiger charge is 2.07. The van der Waals surface area contributed by atoms with Gasteiger partial charge in [-0.3, -0.25) is 0 Å². The van der Waals surface area contributed by atoms with Crippen LogP contribution in [0.15, 0.2) is 37.2 Å². The van der Waals surface area contributed by atoms with Gasteiger partial charge in [0.15, 0.2) is 0 Å². The Morgan fingerprint density at radius 2 is 1.06 bits per heavy atom. The lowest BCUT2D eigenvalue weighted by Gasteiger charge is -1.98. The van der Waals surface area contributed by atoms with Crippen LogP contribution in [-0.2, 0) is 0 Å². The summed E-state index contributed by atoms with van der Waals surface area (Å²) in [6.45, 7) is 0. The van der Waals surface area contributed by atoms with Crippen molar-refractivity contribution in [2.75, 3.05) is 0 Å². The maximum atomic E-state index is 4.01. The molecule has 3 rings (SSSR count). The molecule has 0 spiro atoms. The minimum absolute atomic E-state index is 0.343. The van der Waals surface area contributed by atoms with E-state index in [-0.39, 0.29) is 0 Å². The molecule has 0 unspecified atom stereocenters. The van der Waals surface area contributed by atoms with Gasteiger partial charge in [-0.05, 0) is 12.1 Å². The molecular weight excluding hydrogens is 232 g/mol. The highest BCUT2D eigenvalue weighted by atomic mass is 15.3. The molecule has 0 saturated heterocycles. The molecule has 0 fully saturated rings. The van der Waals surface area contributed by atoms with E-state index in [2.05, 4.69) is 40.3 Å². The summed E-state index contributed by atoms with van der Waals surface area (Å²) in [4.78, 5) is 15.6. The third-order valence-corrected chi connectivity index (χ3v) is 2.10. The summed E-state index contributed by atoms with van der Waals surface area (Å²) in [5.74, 6) is 0.686. The minimum Gasteiger partial charge on any atom is -0.245 e. The molecule has 0 radical (unpaired) electrons. The van der Waals surface area contributed by atoms with E-state index in [9.17, 15) is 0 Å². The molecule has 0 N–H and O–H groups in total. The summed E-state index contributed by atoms with van der Waals surface area (Å²) in [7, 11) is 0. The molecule has 18 heavy (non-hydrogen) atoms. The normalized spacial score (nSPS) is 10.2. The molecular formula is C10H6N8. The molecule has 0 amide bonds. The van der Waals surface area contributed by atoms with E-state index in [0.29, 0.717) is 23.0 Å². The van der Waals surface area contributed by atoms with Gasteiger partial charge in [-0.15, -0.1) is 20.4 Å².